The lowest BCUT2D eigenvalue weighted by Crippen LogP contribution is -2.31. The van der Waals surface area contributed by atoms with E-state index in [4.69, 9.17) is 4.52 Å². The second-order valence-electron chi connectivity index (χ2n) is 6.63. The molecule has 0 N–H and O–H groups in total. The van der Waals surface area contributed by atoms with Crippen LogP contribution in [-0.2, 0) is 10.0 Å². The highest BCUT2D eigenvalue weighted by Crippen LogP contribution is 2.36. The van der Waals surface area contributed by atoms with Crippen LogP contribution in [0.25, 0.3) is 11.1 Å². The van der Waals surface area contributed by atoms with Gasteiger partial charge >= 0.3 is 0 Å². The van der Waals surface area contributed by atoms with Gasteiger partial charge in [-0.2, -0.15) is 4.31 Å². The van der Waals surface area contributed by atoms with Gasteiger partial charge in [0.2, 0.25) is 10.0 Å². The van der Waals surface area contributed by atoms with Crippen LogP contribution in [0.1, 0.15) is 36.0 Å². The summed E-state index contributed by atoms with van der Waals surface area (Å²) in [4.78, 5) is 8.72. The molecule has 1 aliphatic heterocycles. The first-order valence-electron chi connectivity index (χ1n) is 8.79. The Balaban J connectivity index is 1.65. The van der Waals surface area contributed by atoms with Crippen LogP contribution in [-0.4, -0.2) is 34.4 Å². The summed E-state index contributed by atoms with van der Waals surface area (Å²) >= 11 is 0. The Labute approximate surface area is 158 Å². The van der Waals surface area contributed by atoms with Gasteiger partial charge in [0.15, 0.2) is 0 Å². The second kappa shape index (κ2) is 6.86. The van der Waals surface area contributed by atoms with Gasteiger partial charge in [-0.05, 0) is 44.9 Å². The van der Waals surface area contributed by atoms with Crippen LogP contribution in [0.2, 0.25) is 0 Å². The molecule has 3 aromatic heterocycles. The number of pyridine rings is 2. The number of hydrogen-bond donors (Lipinski definition) is 0. The molecule has 1 fully saturated rings. The van der Waals surface area contributed by atoms with Gasteiger partial charge in [0.1, 0.15) is 10.7 Å². The third kappa shape index (κ3) is 3.15. The zero-order valence-electron chi connectivity index (χ0n) is 15.2. The van der Waals surface area contributed by atoms with Crippen molar-refractivity contribution in [2.75, 3.05) is 6.54 Å². The van der Waals surface area contributed by atoms with E-state index >= 15 is 0 Å². The average molecular weight is 384 g/mol. The highest BCUT2D eigenvalue weighted by Gasteiger charge is 2.37. The number of aromatic nitrogens is 3. The van der Waals surface area contributed by atoms with Gasteiger partial charge in [-0.25, -0.2) is 8.42 Å². The van der Waals surface area contributed by atoms with E-state index in [1.165, 1.54) is 10.5 Å². The molecule has 0 saturated carbocycles. The summed E-state index contributed by atoms with van der Waals surface area (Å²) in [5.41, 5.74) is 3.40. The SMILES string of the molecule is Cc1noc(C)c1-c1ccc([C@@H]2CCCN2S(=O)(=O)c2cccnc2)nc1. The summed E-state index contributed by atoms with van der Waals surface area (Å²) in [5.74, 6) is 0.740. The highest BCUT2D eigenvalue weighted by molar-refractivity contribution is 7.89. The average Bonchev–Trinajstić information content (AvgIpc) is 3.30. The summed E-state index contributed by atoms with van der Waals surface area (Å²) in [7, 11) is -3.60. The molecule has 140 valence electrons. The Bertz CT molecular complexity index is 1030. The minimum atomic E-state index is -3.60. The molecule has 0 bridgehead atoms. The maximum Gasteiger partial charge on any atom is 0.245 e. The molecule has 0 radical (unpaired) electrons. The lowest BCUT2D eigenvalue weighted by atomic mass is 10.0. The molecular weight excluding hydrogens is 364 g/mol. The molecule has 1 aliphatic rings. The molecule has 3 aromatic rings. The third-order valence-corrected chi connectivity index (χ3v) is 6.79. The lowest BCUT2D eigenvalue weighted by Gasteiger charge is -2.23. The van der Waals surface area contributed by atoms with Crippen LogP contribution < -0.4 is 0 Å². The van der Waals surface area contributed by atoms with Gasteiger partial charge < -0.3 is 4.52 Å². The van der Waals surface area contributed by atoms with Gasteiger partial charge in [-0.3, -0.25) is 9.97 Å². The Kier molecular flexibility index (Phi) is 4.53. The fraction of sp³-hybridized carbons (Fsp3) is 0.316. The van der Waals surface area contributed by atoms with E-state index in [0.717, 1.165) is 41.1 Å². The quantitative estimate of drug-likeness (QED) is 0.686. The second-order valence-corrected chi connectivity index (χ2v) is 8.52. The molecule has 1 saturated heterocycles. The van der Waals surface area contributed by atoms with E-state index in [9.17, 15) is 8.42 Å². The van der Waals surface area contributed by atoms with Gasteiger partial charge in [-0.1, -0.05) is 11.2 Å². The van der Waals surface area contributed by atoms with E-state index in [-0.39, 0.29) is 10.9 Å². The van der Waals surface area contributed by atoms with Gasteiger partial charge in [0, 0.05) is 36.3 Å². The molecule has 4 rings (SSSR count). The van der Waals surface area contributed by atoms with Gasteiger partial charge in [0.05, 0.1) is 17.4 Å². The minimum Gasteiger partial charge on any atom is -0.361 e. The largest absolute Gasteiger partial charge is 0.361 e. The van der Waals surface area contributed by atoms with Crippen molar-refractivity contribution in [3.8, 4) is 11.1 Å². The van der Waals surface area contributed by atoms with Crippen molar-refractivity contribution >= 4 is 10.0 Å². The van der Waals surface area contributed by atoms with Crippen molar-refractivity contribution in [2.45, 2.75) is 37.6 Å². The van der Waals surface area contributed by atoms with Crippen molar-refractivity contribution in [3.05, 3.63) is 60.0 Å². The maximum absolute atomic E-state index is 13.0. The van der Waals surface area contributed by atoms with Crippen molar-refractivity contribution < 1.29 is 12.9 Å². The van der Waals surface area contributed by atoms with Gasteiger partial charge in [-0.15, -0.1) is 0 Å². The third-order valence-electron chi connectivity index (χ3n) is 4.89. The summed E-state index contributed by atoms with van der Waals surface area (Å²) in [6.07, 6.45) is 6.26. The topological polar surface area (TPSA) is 89.2 Å². The fourth-order valence-corrected chi connectivity index (χ4v) is 5.24. The number of aryl methyl sites for hydroxylation is 2. The van der Waals surface area contributed by atoms with E-state index in [1.807, 2.05) is 26.0 Å². The van der Waals surface area contributed by atoms with Crippen molar-refractivity contribution in [1.29, 1.82) is 0 Å². The molecular formula is C19H20N4O3S. The summed E-state index contributed by atoms with van der Waals surface area (Å²) in [5, 5.41) is 3.97. The molecule has 1 atom stereocenters. The predicted molar refractivity (Wildman–Crippen MR) is 99.3 cm³/mol. The smallest absolute Gasteiger partial charge is 0.245 e. The lowest BCUT2D eigenvalue weighted by molar-refractivity contribution is 0.390. The molecule has 8 heteroatoms. The van der Waals surface area contributed by atoms with Crippen molar-refractivity contribution in [2.24, 2.45) is 0 Å². The van der Waals surface area contributed by atoms with Crippen molar-refractivity contribution in [3.63, 3.8) is 0 Å². The van der Waals surface area contributed by atoms with E-state index in [1.54, 1.807) is 24.5 Å². The maximum atomic E-state index is 13.0. The van der Waals surface area contributed by atoms with Crippen molar-refractivity contribution in [1.82, 2.24) is 19.4 Å². The zero-order valence-corrected chi connectivity index (χ0v) is 16.0. The van der Waals surface area contributed by atoms with Crippen LogP contribution in [0.15, 0.2) is 52.3 Å². The van der Waals surface area contributed by atoms with E-state index in [0.29, 0.717) is 6.54 Å². The molecule has 7 nitrogen and oxygen atoms in total. The Morgan fingerprint density at radius 2 is 2.04 bits per heavy atom. The number of hydrogen-bond acceptors (Lipinski definition) is 6. The number of sulfonamides is 1. The van der Waals surface area contributed by atoms with Crippen LogP contribution in [0, 0.1) is 13.8 Å². The first-order valence-corrected chi connectivity index (χ1v) is 10.2. The standard InChI is InChI=1S/C19H20N4O3S/c1-13-19(14(2)26-22-13)15-7-8-17(21-11-15)18-6-4-10-23(18)27(24,25)16-5-3-9-20-12-16/h3,5,7-9,11-12,18H,4,6,10H2,1-2H3/t18-/m0/s1. The molecule has 27 heavy (non-hydrogen) atoms. The number of nitrogens with zero attached hydrogens (tertiary/aromatic N) is 4. The van der Waals surface area contributed by atoms with E-state index < -0.39 is 10.0 Å². The van der Waals surface area contributed by atoms with Gasteiger partial charge in [0.25, 0.3) is 0 Å². The molecule has 0 unspecified atom stereocenters. The summed E-state index contributed by atoms with van der Waals surface area (Å²) in [6.45, 7) is 4.23. The molecule has 0 aromatic carbocycles. The highest BCUT2D eigenvalue weighted by atomic mass is 32.2. The first kappa shape index (κ1) is 17.8. The molecule has 0 spiro atoms. The normalized spacial score (nSPS) is 18.1. The fourth-order valence-electron chi connectivity index (χ4n) is 3.60. The monoisotopic (exact) mass is 384 g/mol. The van der Waals surface area contributed by atoms with Crippen LogP contribution in [0.5, 0.6) is 0 Å². The Morgan fingerprint density at radius 1 is 1.19 bits per heavy atom. The number of rotatable bonds is 4. The van der Waals surface area contributed by atoms with Crippen LogP contribution >= 0.6 is 0 Å². The zero-order chi connectivity index (χ0) is 19.0. The molecule has 0 amide bonds. The molecule has 0 aliphatic carbocycles. The summed E-state index contributed by atoms with van der Waals surface area (Å²) in [6, 6.07) is 6.78. The first-order chi connectivity index (χ1) is 13.0. The minimum absolute atomic E-state index is 0.212. The van der Waals surface area contributed by atoms with Crippen LogP contribution in [0.3, 0.4) is 0 Å². The van der Waals surface area contributed by atoms with Crippen LogP contribution in [0.4, 0.5) is 0 Å². The molecule has 4 heterocycles. The van der Waals surface area contributed by atoms with E-state index in [2.05, 4.69) is 15.1 Å². The Hall–Kier alpha value is -2.58. The summed E-state index contributed by atoms with van der Waals surface area (Å²) < 4.78 is 32.7. The predicted octanol–water partition coefficient (Wildman–Crippen LogP) is 3.27. The Morgan fingerprint density at radius 3 is 2.67 bits per heavy atom.